The minimum Gasteiger partial charge on any atom is -0.367 e. The molecule has 0 unspecified atom stereocenters. The minimum absolute atomic E-state index is 0. The molecule has 0 N–H and O–H groups in total. The number of para-hydroxylation sites is 1. The molecule has 0 radical (unpaired) electrons. The summed E-state index contributed by atoms with van der Waals surface area (Å²) in [6.45, 7) is 0.997. The molecule has 1 fully saturated rings. The monoisotopic (exact) mass is 285 g/mol. The summed E-state index contributed by atoms with van der Waals surface area (Å²) in [5, 5.41) is 0. The largest absolute Gasteiger partial charge is 0.367 e. The predicted octanol–water partition coefficient (Wildman–Crippen LogP) is 2.34. The fourth-order valence-electron chi connectivity index (χ4n) is 2.98. The van der Waals surface area contributed by atoms with E-state index in [9.17, 15) is 8.42 Å². The van der Waals surface area contributed by atoms with Crippen LogP contribution in [-0.2, 0) is 9.84 Å². The Hall–Kier alpha value is -0.680. The molecule has 2 aliphatic heterocycles. The van der Waals surface area contributed by atoms with Crippen LogP contribution < -0.4 is 4.90 Å². The van der Waals surface area contributed by atoms with Crippen molar-refractivity contribution < 1.29 is 8.42 Å². The normalized spacial score (nSPS) is 25.3. The second-order valence-corrected chi connectivity index (χ2v) is 7.00. The lowest BCUT2D eigenvalue weighted by Crippen LogP contribution is -2.39. The van der Waals surface area contributed by atoms with Crippen LogP contribution in [0.5, 0.6) is 0 Å². The molecule has 2 heterocycles. The number of hydrogen-bond donors (Lipinski definition) is 0. The molecule has 1 aromatic carbocycles. The first-order chi connectivity index (χ1) is 8.18. The Morgan fingerprint density at radius 1 is 1.11 bits per heavy atom. The van der Waals surface area contributed by atoms with E-state index in [-0.39, 0.29) is 13.5 Å². The van der Waals surface area contributed by atoms with Crippen LogP contribution in [0.4, 0.5) is 5.69 Å². The van der Waals surface area contributed by atoms with E-state index >= 15 is 0 Å². The molecule has 1 saturated heterocycles. The number of hydrogen-bond acceptors (Lipinski definition) is 3. The van der Waals surface area contributed by atoms with Crippen molar-refractivity contribution in [3.05, 3.63) is 24.3 Å². The van der Waals surface area contributed by atoms with E-state index in [1.54, 1.807) is 6.07 Å². The number of fused-ring (bicyclic) bond motifs is 3. The SMILES string of the molecule is O=S1(=O)CC[C@@H]2CCCCN2c2ccccc21.S. The van der Waals surface area contributed by atoms with Crippen LogP contribution >= 0.6 is 13.5 Å². The third-order valence-electron chi connectivity index (χ3n) is 3.86. The number of nitrogens with zero attached hydrogens (tertiary/aromatic N) is 1. The van der Waals surface area contributed by atoms with Crippen LogP contribution in [0.15, 0.2) is 29.2 Å². The van der Waals surface area contributed by atoms with Gasteiger partial charge in [0, 0.05) is 12.6 Å². The van der Waals surface area contributed by atoms with Gasteiger partial charge in [0.05, 0.1) is 16.3 Å². The van der Waals surface area contributed by atoms with Gasteiger partial charge in [0.15, 0.2) is 9.84 Å². The minimum atomic E-state index is -3.08. The molecular weight excluding hydrogens is 266 g/mol. The molecule has 0 bridgehead atoms. The Balaban J connectivity index is 0.00000120. The molecule has 3 nitrogen and oxygen atoms in total. The first kappa shape index (κ1) is 13.7. The van der Waals surface area contributed by atoms with Gasteiger partial charge >= 0.3 is 0 Å². The number of piperidine rings is 1. The third-order valence-corrected chi connectivity index (χ3v) is 5.65. The third kappa shape index (κ3) is 2.26. The Bertz CT molecular complexity index is 528. The standard InChI is InChI=1S/C13H17NO2S.H2S/c15-17(16)10-8-11-5-3-4-9-14(11)12-6-1-2-7-13(12)17;/h1-2,6-7,11H,3-5,8-10H2;1H2/t11-;/m0./s1. The Labute approximate surface area is 116 Å². The molecular formula is C13H19NO2S2. The highest BCUT2D eigenvalue weighted by Gasteiger charge is 2.32. The molecule has 1 aromatic rings. The second-order valence-electron chi connectivity index (χ2n) is 4.92. The van der Waals surface area contributed by atoms with Crippen molar-refractivity contribution >= 4 is 29.0 Å². The lowest BCUT2D eigenvalue weighted by Gasteiger charge is -2.36. The van der Waals surface area contributed by atoms with Gasteiger partial charge in [-0.25, -0.2) is 8.42 Å². The van der Waals surface area contributed by atoms with Crippen molar-refractivity contribution in [1.82, 2.24) is 0 Å². The van der Waals surface area contributed by atoms with E-state index in [0.29, 0.717) is 16.7 Å². The lowest BCUT2D eigenvalue weighted by atomic mass is 9.99. The molecule has 1 atom stereocenters. The number of rotatable bonds is 0. The molecule has 0 spiro atoms. The maximum atomic E-state index is 12.2. The molecule has 0 saturated carbocycles. The maximum absolute atomic E-state index is 12.2. The Kier molecular flexibility index (Phi) is 3.92. The Morgan fingerprint density at radius 3 is 2.72 bits per heavy atom. The molecule has 0 aromatic heterocycles. The zero-order valence-electron chi connectivity index (χ0n) is 10.3. The van der Waals surface area contributed by atoms with E-state index in [1.807, 2.05) is 18.2 Å². The van der Waals surface area contributed by atoms with E-state index in [1.165, 1.54) is 12.8 Å². The van der Waals surface area contributed by atoms with Crippen LogP contribution in [0, 0.1) is 0 Å². The zero-order chi connectivity index (χ0) is 11.9. The number of anilines is 1. The molecule has 0 aliphatic carbocycles. The first-order valence-corrected chi connectivity index (χ1v) is 7.92. The van der Waals surface area contributed by atoms with Gasteiger partial charge in [0.25, 0.3) is 0 Å². The van der Waals surface area contributed by atoms with Crippen molar-refractivity contribution in [2.45, 2.75) is 36.6 Å². The van der Waals surface area contributed by atoms with Gasteiger partial charge in [0.1, 0.15) is 0 Å². The number of sulfone groups is 1. The van der Waals surface area contributed by atoms with Crippen molar-refractivity contribution in [3.63, 3.8) is 0 Å². The van der Waals surface area contributed by atoms with Crippen LogP contribution in [0.3, 0.4) is 0 Å². The van der Waals surface area contributed by atoms with Gasteiger partial charge in [-0.3, -0.25) is 0 Å². The van der Waals surface area contributed by atoms with Gasteiger partial charge < -0.3 is 4.90 Å². The fourth-order valence-corrected chi connectivity index (χ4v) is 4.57. The molecule has 18 heavy (non-hydrogen) atoms. The van der Waals surface area contributed by atoms with Crippen molar-refractivity contribution in [1.29, 1.82) is 0 Å². The van der Waals surface area contributed by atoms with Crippen molar-refractivity contribution in [2.24, 2.45) is 0 Å². The molecule has 0 amide bonds. The predicted molar refractivity (Wildman–Crippen MR) is 78.5 cm³/mol. The van der Waals surface area contributed by atoms with Gasteiger partial charge in [-0.1, -0.05) is 12.1 Å². The quantitative estimate of drug-likeness (QED) is 0.734. The van der Waals surface area contributed by atoms with E-state index < -0.39 is 9.84 Å². The summed E-state index contributed by atoms with van der Waals surface area (Å²) < 4.78 is 24.4. The van der Waals surface area contributed by atoms with Gasteiger partial charge in [-0.15, -0.1) is 0 Å². The maximum Gasteiger partial charge on any atom is 0.180 e. The summed E-state index contributed by atoms with van der Waals surface area (Å²) in [5.41, 5.74) is 0.926. The van der Waals surface area contributed by atoms with Crippen LogP contribution in [0.25, 0.3) is 0 Å². The van der Waals surface area contributed by atoms with Gasteiger partial charge in [0.2, 0.25) is 0 Å². The van der Waals surface area contributed by atoms with Gasteiger partial charge in [-0.2, -0.15) is 13.5 Å². The summed E-state index contributed by atoms with van der Waals surface area (Å²) in [5.74, 6) is 0.297. The zero-order valence-corrected chi connectivity index (χ0v) is 12.1. The fraction of sp³-hybridized carbons (Fsp3) is 0.538. The first-order valence-electron chi connectivity index (χ1n) is 6.27. The van der Waals surface area contributed by atoms with Crippen LogP contribution in [0.1, 0.15) is 25.7 Å². The van der Waals surface area contributed by atoms with Crippen LogP contribution in [-0.4, -0.2) is 26.8 Å². The average molecular weight is 285 g/mol. The summed E-state index contributed by atoms with van der Waals surface area (Å²) in [6.07, 6.45) is 4.30. The highest BCUT2D eigenvalue weighted by atomic mass is 32.2. The molecule has 100 valence electrons. The second kappa shape index (κ2) is 5.13. The summed E-state index contributed by atoms with van der Waals surface area (Å²) in [6, 6.07) is 7.88. The van der Waals surface area contributed by atoms with E-state index in [0.717, 1.165) is 25.1 Å². The van der Waals surface area contributed by atoms with E-state index in [2.05, 4.69) is 4.90 Å². The van der Waals surface area contributed by atoms with E-state index in [4.69, 9.17) is 0 Å². The summed E-state index contributed by atoms with van der Waals surface area (Å²) in [4.78, 5) is 2.84. The van der Waals surface area contributed by atoms with Crippen LogP contribution in [0.2, 0.25) is 0 Å². The average Bonchev–Trinajstić information content (AvgIpc) is 2.47. The Morgan fingerprint density at radius 2 is 1.89 bits per heavy atom. The highest BCUT2D eigenvalue weighted by molar-refractivity contribution is 7.91. The highest BCUT2D eigenvalue weighted by Crippen LogP contribution is 2.35. The number of benzene rings is 1. The van der Waals surface area contributed by atoms with Crippen molar-refractivity contribution in [2.75, 3.05) is 17.2 Å². The molecule has 3 rings (SSSR count). The summed E-state index contributed by atoms with van der Waals surface area (Å²) >= 11 is 0. The topological polar surface area (TPSA) is 37.4 Å². The summed E-state index contributed by atoms with van der Waals surface area (Å²) in [7, 11) is -3.08. The van der Waals surface area contributed by atoms with Gasteiger partial charge in [-0.05, 0) is 37.8 Å². The molecule has 2 aliphatic rings. The van der Waals surface area contributed by atoms with Crippen molar-refractivity contribution in [3.8, 4) is 0 Å². The lowest BCUT2D eigenvalue weighted by molar-refractivity contribution is 0.451. The smallest absolute Gasteiger partial charge is 0.180 e. The molecule has 5 heteroatoms.